The lowest BCUT2D eigenvalue weighted by Crippen LogP contribution is -2.29. The summed E-state index contributed by atoms with van der Waals surface area (Å²) in [5, 5.41) is 3.52. The zero-order chi connectivity index (χ0) is 13.4. The fourth-order valence-electron chi connectivity index (χ4n) is 3.52. The molecule has 2 aliphatic heterocycles. The molecule has 20 heavy (non-hydrogen) atoms. The quantitative estimate of drug-likeness (QED) is 0.850. The Balaban J connectivity index is 1.51. The molecule has 1 N–H and O–H groups in total. The van der Waals surface area contributed by atoms with Gasteiger partial charge in [-0.1, -0.05) is 0 Å². The van der Waals surface area contributed by atoms with Crippen molar-refractivity contribution in [1.82, 2.24) is 5.32 Å². The van der Waals surface area contributed by atoms with Gasteiger partial charge < -0.3 is 15.0 Å². The van der Waals surface area contributed by atoms with Crippen molar-refractivity contribution in [2.75, 3.05) is 31.1 Å². The van der Waals surface area contributed by atoms with Gasteiger partial charge in [0.15, 0.2) is 0 Å². The molecule has 1 saturated heterocycles. The van der Waals surface area contributed by atoms with E-state index in [1.807, 2.05) is 0 Å². The zero-order valence-corrected chi connectivity index (χ0v) is 12.1. The van der Waals surface area contributed by atoms with Crippen molar-refractivity contribution in [3.63, 3.8) is 0 Å². The molecule has 3 nitrogen and oxygen atoms in total. The second-order valence-corrected chi connectivity index (χ2v) is 6.37. The fourth-order valence-corrected chi connectivity index (χ4v) is 3.52. The van der Waals surface area contributed by atoms with Crippen molar-refractivity contribution in [3.05, 3.63) is 23.8 Å². The average molecular weight is 272 g/mol. The topological polar surface area (TPSA) is 24.5 Å². The highest BCUT2D eigenvalue weighted by Gasteiger charge is 2.48. The highest BCUT2D eigenvalue weighted by atomic mass is 16.5. The van der Waals surface area contributed by atoms with Gasteiger partial charge in [0.2, 0.25) is 0 Å². The van der Waals surface area contributed by atoms with Crippen LogP contribution in [-0.4, -0.2) is 32.3 Å². The van der Waals surface area contributed by atoms with Crippen LogP contribution < -0.4 is 15.0 Å². The summed E-state index contributed by atoms with van der Waals surface area (Å²) in [7, 11) is 0. The van der Waals surface area contributed by atoms with Crippen LogP contribution in [0.3, 0.4) is 0 Å². The summed E-state index contributed by atoms with van der Waals surface area (Å²) < 4.78 is 5.88. The van der Waals surface area contributed by atoms with Crippen LogP contribution in [0.25, 0.3) is 0 Å². The third kappa shape index (κ3) is 2.39. The minimum Gasteiger partial charge on any atom is -0.489 e. The molecule has 2 fully saturated rings. The molecule has 1 saturated carbocycles. The Hall–Kier alpha value is -1.22. The molecule has 108 valence electrons. The lowest BCUT2D eigenvalue weighted by Gasteiger charge is -2.26. The van der Waals surface area contributed by atoms with Crippen molar-refractivity contribution >= 4 is 5.69 Å². The van der Waals surface area contributed by atoms with Crippen molar-refractivity contribution < 1.29 is 4.74 Å². The van der Waals surface area contributed by atoms with Crippen LogP contribution in [0.2, 0.25) is 0 Å². The van der Waals surface area contributed by atoms with Gasteiger partial charge in [-0.3, -0.25) is 0 Å². The highest BCUT2D eigenvalue weighted by molar-refractivity contribution is 5.57. The molecule has 1 aromatic carbocycles. The van der Waals surface area contributed by atoms with Crippen LogP contribution >= 0.6 is 0 Å². The van der Waals surface area contributed by atoms with E-state index in [1.165, 1.54) is 69.5 Å². The summed E-state index contributed by atoms with van der Waals surface area (Å²) in [4.78, 5) is 2.58. The molecule has 4 rings (SSSR count). The van der Waals surface area contributed by atoms with E-state index in [0.29, 0.717) is 12.0 Å². The molecule has 0 spiro atoms. The Bertz CT molecular complexity index is 478. The Labute approximate surface area is 121 Å². The van der Waals surface area contributed by atoms with Crippen molar-refractivity contribution in [1.29, 1.82) is 0 Å². The zero-order valence-electron chi connectivity index (χ0n) is 12.1. The first-order chi connectivity index (χ1) is 9.92. The largest absolute Gasteiger partial charge is 0.489 e. The standard InChI is InChI=1S/C17H24N2O/c1-3-9-19(10-4-2-8-18-7-1)13-5-6-16-14(11-13)15-12-17(15)20-16/h5-6,11,15,17-18H,1-4,7-10,12H2. The van der Waals surface area contributed by atoms with E-state index >= 15 is 0 Å². The summed E-state index contributed by atoms with van der Waals surface area (Å²) in [6.45, 7) is 4.73. The lowest BCUT2D eigenvalue weighted by atomic mass is 10.1. The molecular formula is C17H24N2O. The maximum Gasteiger partial charge on any atom is 0.123 e. The summed E-state index contributed by atoms with van der Waals surface area (Å²) >= 11 is 0. The second kappa shape index (κ2) is 5.28. The highest BCUT2D eigenvalue weighted by Crippen LogP contribution is 2.54. The minimum atomic E-state index is 0.505. The number of hydrogen-bond acceptors (Lipinski definition) is 3. The number of hydrogen-bond donors (Lipinski definition) is 1. The van der Waals surface area contributed by atoms with E-state index in [1.54, 1.807) is 0 Å². The van der Waals surface area contributed by atoms with Gasteiger partial charge in [-0.15, -0.1) is 0 Å². The normalized spacial score (nSPS) is 29.3. The number of ether oxygens (including phenoxy) is 1. The molecule has 3 aliphatic rings. The third-order valence-corrected chi connectivity index (χ3v) is 4.83. The van der Waals surface area contributed by atoms with Crippen molar-refractivity contribution in [2.24, 2.45) is 0 Å². The summed E-state index contributed by atoms with van der Waals surface area (Å²) in [5.74, 6) is 1.84. The van der Waals surface area contributed by atoms with Crippen LogP contribution in [-0.2, 0) is 0 Å². The van der Waals surface area contributed by atoms with Crippen LogP contribution in [0.1, 0.15) is 43.6 Å². The Morgan fingerprint density at radius 1 is 1.05 bits per heavy atom. The van der Waals surface area contributed by atoms with Gasteiger partial charge in [-0.2, -0.15) is 0 Å². The van der Waals surface area contributed by atoms with Crippen LogP contribution in [0, 0.1) is 0 Å². The van der Waals surface area contributed by atoms with Crippen molar-refractivity contribution in [2.45, 2.75) is 44.1 Å². The van der Waals surface area contributed by atoms with E-state index in [9.17, 15) is 0 Å². The smallest absolute Gasteiger partial charge is 0.123 e. The Morgan fingerprint density at radius 3 is 2.65 bits per heavy atom. The van der Waals surface area contributed by atoms with Gasteiger partial charge >= 0.3 is 0 Å². The van der Waals surface area contributed by atoms with E-state index in [-0.39, 0.29) is 0 Å². The van der Waals surface area contributed by atoms with E-state index in [0.717, 1.165) is 5.75 Å². The molecule has 3 heteroatoms. The first-order valence-corrected chi connectivity index (χ1v) is 8.18. The number of anilines is 1. The monoisotopic (exact) mass is 272 g/mol. The molecular weight excluding hydrogens is 248 g/mol. The Kier molecular flexibility index (Phi) is 3.31. The number of rotatable bonds is 1. The molecule has 2 unspecified atom stereocenters. The summed E-state index contributed by atoms with van der Waals surface area (Å²) in [6.07, 6.45) is 6.89. The predicted octanol–water partition coefficient (Wildman–Crippen LogP) is 2.90. The van der Waals surface area contributed by atoms with Gasteiger partial charge in [-0.25, -0.2) is 0 Å². The number of benzene rings is 1. The molecule has 0 bridgehead atoms. The second-order valence-electron chi connectivity index (χ2n) is 6.37. The summed E-state index contributed by atoms with van der Waals surface area (Å²) in [5.41, 5.74) is 2.87. The van der Waals surface area contributed by atoms with Gasteiger partial charge in [0.25, 0.3) is 0 Å². The number of nitrogens with one attached hydrogen (secondary N) is 1. The molecule has 2 heterocycles. The average Bonchev–Trinajstić information content (AvgIpc) is 3.17. The van der Waals surface area contributed by atoms with Crippen molar-refractivity contribution in [3.8, 4) is 5.75 Å². The molecule has 0 amide bonds. The van der Waals surface area contributed by atoms with Gasteiger partial charge in [0.05, 0.1) is 0 Å². The molecule has 0 aromatic heterocycles. The van der Waals surface area contributed by atoms with E-state index in [2.05, 4.69) is 28.4 Å². The van der Waals surface area contributed by atoms with E-state index in [4.69, 9.17) is 4.74 Å². The first-order valence-electron chi connectivity index (χ1n) is 8.18. The first kappa shape index (κ1) is 12.5. The SMILES string of the molecule is c1cc2c(cc1N1CCCCNCCCC1)C1CC1O2. The number of fused-ring (bicyclic) bond motifs is 3. The fraction of sp³-hybridized carbons (Fsp3) is 0.647. The molecule has 1 aliphatic carbocycles. The van der Waals surface area contributed by atoms with E-state index < -0.39 is 0 Å². The van der Waals surface area contributed by atoms with Crippen LogP contribution in [0.5, 0.6) is 5.75 Å². The maximum atomic E-state index is 5.88. The van der Waals surface area contributed by atoms with Crippen LogP contribution in [0.4, 0.5) is 5.69 Å². The van der Waals surface area contributed by atoms with Crippen LogP contribution in [0.15, 0.2) is 18.2 Å². The predicted molar refractivity (Wildman–Crippen MR) is 81.8 cm³/mol. The molecule has 1 aromatic rings. The maximum absolute atomic E-state index is 5.88. The molecule has 2 atom stereocenters. The van der Waals surface area contributed by atoms with Gasteiger partial charge in [0, 0.05) is 30.3 Å². The molecule has 0 radical (unpaired) electrons. The lowest BCUT2D eigenvalue weighted by molar-refractivity contribution is 0.318. The van der Waals surface area contributed by atoms with Gasteiger partial charge in [-0.05, 0) is 63.4 Å². The van der Waals surface area contributed by atoms with Gasteiger partial charge in [0.1, 0.15) is 11.9 Å². The minimum absolute atomic E-state index is 0.505. The Morgan fingerprint density at radius 2 is 1.85 bits per heavy atom. The third-order valence-electron chi connectivity index (χ3n) is 4.83. The summed E-state index contributed by atoms with van der Waals surface area (Å²) in [6, 6.07) is 6.85. The number of nitrogens with zero attached hydrogens (tertiary/aromatic N) is 1.